The van der Waals surface area contributed by atoms with Gasteiger partial charge in [0.1, 0.15) is 0 Å². The molecule has 1 aromatic carbocycles. The maximum absolute atomic E-state index is 11.6. The van der Waals surface area contributed by atoms with E-state index >= 15 is 0 Å². The van der Waals surface area contributed by atoms with E-state index in [0.29, 0.717) is 5.12 Å². The van der Waals surface area contributed by atoms with E-state index in [1.807, 2.05) is 0 Å². The molecule has 2 aliphatic rings. The summed E-state index contributed by atoms with van der Waals surface area (Å²) in [5, 5.41) is 3.60. The maximum atomic E-state index is 11.6. The lowest BCUT2D eigenvalue weighted by atomic mass is 9.95. The average molecular weight is 219 g/mol. The third-order valence-electron chi connectivity index (χ3n) is 3.33. The first-order valence-electron chi connectivity index (χ1n) is 5.23. The summed E-state index contributed by atoms with van der Waals surface area (Å²) in [6.45, 7) is 3.02. The monoisotopic (exact) mass is 219 g/mol. The van der Waals surface area contributed by atoms with Crippen LogP contribution >= 0.6 is 11.8 Å². The van der Waals surface area contributed by atoms with E-state index < -0.39 is 0 Å². The minimum atomic E-state index is 0.0233. The Morgan fingerprint density at radius 3 is 2.67 bits per heavy atom. The summed E-state index contributed by atoms with van der Waals surface area (Å²) < 4.78 is 0.0233. The van der Waals surface area contributed by atoms with E-state index in [1.54, 1.807) is 0 Å². The zero-order valence-electron chi connectivity index (χ0n) is 8.62. The van der Waals surface area contributed by atoms with Gasteiger partial charge in [-0.1, -0.05) is 41.6 Å². The predicted octanol–water partition coefficient (Wildman–Crippen LogP) is 1.83. The quantitative estimate of drug-likeness (QED) is 0.781. The number of carbonyl (C=O) groups is 1. The molecule has 15 heavy (non-hydrogen) atoms. The summed E-state index contributed by atoms with van der Waals surface area (Å²) in [6.07, 6.45) is 0.958. The molecule has 78 valence electrons. The second-order valence-corrected chi connectivity index (χ2v) is 5.81. The molecule has 3 heteroatoms. The highest BCUT2D eigenvalue weighted by molar-refractivity contribution is 8.15. The molecular formula is C12H13NOS. The second-order valence-electron chi connectivity index (χ2n) is 4.42. The summed E-state index contributed by atoms with van der Waals surface area (Å²) in [4.78, 5) is 11.6. The third-order valence-corrected chi connectivity index (χ3v) is 4.75. The SMILES string of the molecule is Cc1ccc(C23CNC(C2)C(=O)S3)cc1. The lowest BCUT2D eigenvalue weighted by Gasteiger charge is -2.25. The van der Waals surface area contributed by atoms with Crippen LogP contribution in [0.3, 0.4) is 0 Å². The van der Waals surface area contributed by atoms with E-state index in [1.165, 1.54) is 22.9 Å². The van der Waals surface area contributed by atoms with Crippen molar-refractivity contribution < 1.29 is 4.79 Å². The first kappa shape index (κ1) is 9.43. The van der Waals surface area contributed by atoms with Crippen molar-refractivity contribution in [1.29, 1.82) is 0 Å². The molecule has 2 saturated heterocycles. The molecule has 1 aromatic rings. The van der Waals surface area contributed by atoms with Gasteiger partial charge in [-0.3, -0.25) is 4.79 Å². The van der Waals surface area contributed by atoms with E-state index in [9.17, 15) is 4.79 Å². The Labute approximate surface area is 93.4 Å². The Bertz CT molecular complexity index is 414. The van der Waals surface area contributed by atoms with Gasteiger partial charge in [-0.05, 0) is 18.9 Å². The Kier molecular flexibility index (Phi) is 1.94. The van der Waals surface area contributed by atoms with E-state index in [-0.39, 0.29) is 10.8 Å². The van der Waals surface area contributed by atoms with Crippen molar-refractivity contribution in [3.8, 4) is 0 Å². The van der Waals surface area contributed by atoms with Crippen LogP contribution in [0.2, 0.25) is 0 Å². The van der Waals surface area contributed by atoms with Crippen LogP contribution in [0.15, 0.2) is 24.3 Å². The molecule has 0 radical (unpaired) electrons. The topological polar surface area (TPSA) is 29.1 Å². The first-order valence-corrected chi connectivity index (χ1v) is 6.05. The van der Waals surface area contributed by atoms with Gasteiger partial charge in [-0.15, -0.1) is 0 Å². The fraction of sp³-hybridized carbons (Fsp3) is 0.417. The van der Waals surface area contributed by atoms with Gasteiger partial charge in [0.25, 0.3) is 0 Å². The molecule has 1 N–H and O–H groups in total. The molecule has 0 saturated carbocycles. The van der Waals surface area contributed by atoms with Gasteiger partial charge < -0.3 is 5.32 Å². The maximum Gasteiger partial charge on any atom is 0.206 e. The molecule has 2 unspecified atom stereocenters. The van der Waals surface area contributed by atoms with Crippen LogP contribution in [0.5, 0.6) is 0 Å². The van der Waals surface area contributed by atoms with Gasteiger partial charge in [0.2, 0.25) is 5.12 Å². The molecule has 0 spiro atoms. The van der Waals surface area contributed by atoms with Crippen molar-refractivity contribution in [2.24, 2.45) is 0 Å². The molecule has 2 bridgehead atoms. The zero-order valence-corrected chi connectivity index (χ0v) is 9.43. The van der Waals surface area contributed by atoms with Crippen LogP contribution in [0.25, 0.3) is 0 Å². The largest absolute Gasteiger partial charge is 0.305 e. The summed E-state index contributed by atoms with van der Waals surface area (Å²) in [5.41, 5.74) is 2.56. The standard InChI is InChI=1S/C12H13NOS/c1-8-2-4-9(5-3-8)12-6-10(13-7-12)11(14)15-12/h2-5,10,13H,6-7H2,1H3. The number of benzene rings is 1. The molecule has 0 amide bonds. The Hall–Kier alpha value is -0.800. The molecule has 2 fully saturated rings. The summed E-state index contributed by atoms with van der Waals surface area (Å²) in [6, 6.07) is 8.66. The van der Waals surface area contributed by atoms with Gasteiger partial charge in [-0.2, -0.15) is 0 Å². The van der Waals surface area contributed by atoms with Gasteiger partial charge in [0, 0.05) is 6.54 Å². The van der Waals surface area contributed by atoms with Gasteiger partial charge >= 0.3 is 0 Å². The van der Waals surface area contributed by atoms with Crippen LogP contribution in [0.4, 0.5) is 0 Å². The van der Waals surface area contributed by atoms with Gasteiger partial charge in [0.15, 0.2) is 0 Å². The minimum absolute atomic E-state index is 0.0233. The summed E-state index contributed by atoms with van der Waals surface area (Å²) >= 11 is 1.52. The third kappa shape index (κ3) is 1.34. The smallest absolute Gasteiger partial charge is 0.206 e. The van der Waals surface area contributed by atoms with Crippen molar-refractivity contribution in [3.05, 3.63) is 35.4 Å². The van der Waals surface area contributed by atoms with Crippen LogP contribution in [-0.2, 0) is 9.54 Å². The van der Waals surface area contributed by atoms with Crippen molar-refractivity contribution in [2.45, 2.75) is 24.1 Å². The highest BCUT2D eigenvalue weighted by Gasteiger charge is 2.52. The highest BCUT2D eigenvalue weighted by atomic mass is 32.2. The van der Waals surface area contributed by atoms with Crippen LogP contribution in [0, 0.1) is 6.92 Å². The molecule has 2 aliphatic heterocycles. The van der Waals surface area contributed by atoms with E-state index in [4.69, 9.17) is 0 Å². The summed E-state index contributed by atoms with van der Waals surface area (Å²) in [7, 11) is 0. The zero-order chi connectivity index (χ0) is 10.5. The average Bonchev–Trinajstić information content (AvgIpc) is 2.76. The number of thioether (sulfide) groups is 1. The summed E-state index contributed by atoms with van der Waals surface area (Å²) in [5.74, 6) is 0. The van der Waals surface area contributed by atoms with Crippen molar-refractivity contribution in [1.82, 2.24) is 5.32 Å². The Balaban J connectivity index is 2.00. The van der Waals surface area contributed by atoms with Crippen LogP contribution in [-0.4, -0.2) is 17.7 Å². The lowest BCUT2D eigenvalue weighted by molar-refractivity contribution is -0.112. The number of carbonyl (C=O) groups excluding carboxylic acids is 1. The molecule has 2 atom stereocenters. The number of hydrogen-bond acceptors (Lipinski definition) is 3. The van der Waals surface area contributed by atoms with Crippen molar-refractivity contribution in [3.63, 3.8) is 0 Å². The fourth-order valence-electron chi connectivity index (χ4n) is 2.41. The minimum Gasteiger partial charge on any atom is -0.305 e. The number of fused-ring (bicyclic) bond motifs is 2. The van der Waals surface area contributed by atoms with E-state index in [2.05, 4.69) is 36.5 Å². The Morgan fingerprint density at radius 2 is 2.13 bits per heavy atom. The van der Waals surface area contributed by atoms with Crippen molar-refractivity contribution >= 4 is 16.9 Å². The molecule has 0 aromatic heterocycles. The Morgan fingerprint density at radius 1 is 1.40 bits per heavy atom. The number of nitrogens with one attached hydrogen (secondary N) is 1. The molecule has 2 heterocycles. The number of aryl methyl sites for hydroxylation is 1. The fourth-order valence-corrected chi connectivity index (χ4v) is 3.76. The molecule has 3 rings (SSSR count). The highest BCUT2D eigenvalue weighted by Crippen LogP contribution is 2.50. The van der Waals surface area contributed by atoms with E-state index in [0.717, 1.165) is 13.0 Å². The normalized spacial score (nSPS) is 33.7. The lowest BCUT2D eigenvalue weighted by Crippen LogP contribution is -2.34. The molecule has 2 nitrogen and oxygen atoms in total. The van der Waals surface area contributed by atoms with Crippen molar-refractivity contribution in [2.75, 3.05) is 6.54 Å². The number of hydrogen-bond donors (Lipinski definition) is 1. The number of rotatable bonds is 1. The second kappa shape index (κ2) is 3.09. The molecule has 0 aliphatic carbocycles. The predicted molar refractivity (Wildman–Crippen MR) is 61.9 cm³/mol. The van der Waals surface area contributed by atoms with Crippen LogP contribution < -0.4 is 5.32 Å². The molecular weight excluding hydrogens is 206 g/mol. The first-order chi connectivity index (χ1) is 7.20. The van der Waals surface area contributed by atoms with Gasteiger partial charge in [0.05, 0.1) is 10.8 Å². The van der Waals surface area contributed by atoms with Gasteiger partial charge in [-0.25, -0.2) is 0 Å². The van der Waals surface area contributed by atoms with Crippen LogP contribution in [0.1, 0.15) is 17.5 Å².